The maximum atomic E-state index is 13.9. The van der Waals surface area contributed by atoms with Gasteiger partial charge in [-0.25, -0.2) is 14.8 Å². The topological polar surface area (TPSA) is 125 Å². The van der Waals surface area contributed by atoms with E-state index in [-0.39, 0.29) is 5.91 Å². The third kappa shape index (κ3) is 6.69. The third-order valence-corrected chi connectivity index (χ3v) is 7.48. The summed E-state index contributed by atoms with van der Waals surface area (Å²) in [6, 6.07) is 16.9. The monoisotopic (exact) mass is 571 g/mol. The number of carbonyl (C=O) groups excluding carboxylic acids is 2. The number of hydrogen-bond donors (Lipinski definition) is 3. The Morgan fingerprint density at radius 3 is 2.62 bits per heavy atom. The van der Waals surface area contributed by atoms with E-state index in [0.717, 1.165) is 28.0 Å². The van der Waals surface area contributed by atoms with Crippen LogP contribution in [0.5, 0.6) is 5.75 Å². The van der Waals surface area contributed by atoms with Crippen LogP contribution in [0.2, 0.25) is 0 Å². The van der Waals surface area contributed by atoms with Crippen molar-refractivity contribution in [2.45, 2.75) is 31.9 Å². The van der Waals surface area contributed by atoms with Crippen molar-refractivity contribution < 1.29 is 19.1 Å². The van der Waals surface area contributed by atoms with Gasteiger partial charge in [0.1, 0.15) is 29.1 Å². The summed E-state index contributed by atoms with van der Waals surface area (Å²) >= 11 is 0. The molecule has 11 heteroatoms. The number of ether oxygens (including phenoxy) is 2. The molecule has 0 saturated carbocycles. The van der Waals surface area contributed by atoms with Crippen molar-refractivity contribution in [1.82, 2.24) is 25.2 Å². The van der Waals surface area contributed by atoms with Gasteiger partial charge < -0.3 is 34.9 Å². The molecule has 1 fully saturated rings. The number of aromatic amines is 1. The number of amides is 2. The quantitative estimate of drug-likeness (QED) is 0.243. The Morgan fingerprint density at radius 1 is 1.07 bits per heavy atom. The molecular formula is C31H37N7O4. The van der Waals surface area contributed by atoms with Crippen LogP contribution in [0, 0.1) is 6.92 Å². The summed E-state index contributed by atoms with van der Waals surface area (Å²) in [7, 11) is 3.23. The van der Waals surface area contributed by atoms with Crippen LogP contribution in [0.4, 0.5) is 16.3 Å². The van der Waals surface area contributed by atoms with Gasteiger partial charge in [-0.05, 0) is 43.0 Å². The van der Waals surface area contributed by atoms with Crippen molar-refractivity contribution in [2.75, 3.05) is 50.6 Å². The number of aromatic nitrogens is 3. The Balaban J connectivity index is 1.29. The predicted molar refractivity (Wildman–Crippen MR) is 162 cm³/mol. The van der Waals surface area contributed by atoms with E-state index in [1.807, 2.05) is 43.5 Å². The minimum absolute atomic E-state index is 0.146. The summed E-state index contributed by atoms with van der Waals surface area (Å²) in [5.41, 5.74) is 2.70. The van der Waals surface area contributed by atoms with Crippen LogP contribution in [0.25, 0.3) is 11.0 Å². The highest BCUT2D eigenvalue weighted by molar-refractivity contribution is 5.99. The van der Waals surface area contributed by atoms with Gasteiger partial charge in [0.05, 0.1) is 18.6 Å². The van der Waals surface area contributed by atoms with Crippen molar-refractivity contribution in [1.29, 1.82) is 0 Å². The lowest BCUT2D eigenvalue weighted by Gasteiger charge is -2.42. The number of H-pyrrole nitrogens is 1. The fourth-order valence-electron chi connectivity index (χ4n) is 5.13. The standard InChI is InChI=1S/C31H37N7O4/c1-22-19-32-27-26(22)28(34-21-33-27)38-15-12-31(13-16-38,35-14-17-41-20-23-8-5-4-6-9-23)29(39)36-24-10-7-11-25(18-24)42-30(40)37(2)3/h4-11,18-19,21,35H,12-17,20H2,1-3H3,(H,36,39)(H,32,33,34). The molecule has 0 atom stereocenters. The number of anilines is 2. The highest BCUT2D eigenvalue weighted by Crippen LogP contribution is 2.32. The molecule has 0 unspecified atom stereocenters. The second kappa shape index (κ2) is 13.0. The highest BCUT2D eigenvalue weighted by atomic mass is 16.6. The molecule has 0 bridgehead atoms. The minimum Gasteiger partial charge on any atom is -0.410 e. The molecule has 5 rings (SSSR count). The number of hydrogen-bond acceptors (Lipinski definition) is 8. The maximum Gasteiger partial charge on any atom is 0.414 e. The summed E-state index contributed by atoms with van der Waals surface area (Å²) in [4.78, 5) is 41.6. The molecule has 220 valence electrons. The molecule has 2 aromatic carbocycles. The van der Waals surface area contributed by atoms with E-state index in [4.69, 9.17) is 9.47 Å². The second-order valence-corrected chi connectivity index (χ2v) is 10.7. The summed E-state index contributed by atoms with van der Waals surface area (Å²) in [6.07, 6.45) is 4.13. The van der Waals surface area contributed by atoms with Crippen LogP contribution >= 0.6 is 0 Å². The normalized spacial score (nSPS) is 14.5. The van der Waals surface area contributed by atoms with Crippen LogP contribution in [0.1, 0.15) is 24.0 Å². The second-order valence-electron chi connectivity index (χ2n) is 10.7. The van der Waals surface area contributed by atoms with Gasteiger partial charge in [-0.3, -0.25) is 4.79 Å². The Hall–Kier alpha value is -4.48. The van der Waals surface area contributed by atoms with E-state index in [0.29, 0.717) is 57.1 Å². The van der Waals surface area contributed by atoms with E-state index >= 15 is 0 Å². The Labute approximate surface area is 245 Å². The molecule has 0 radical (unpaired) electrons. The van der Waals surface area contributed by atoms with Crippen molar-refractivity contribution in [2.24, 2.45) is 0 Å². The molecule has 3 N–H and O–H groups in total. The summed E-state index contributed by atoms with van der Waals surface area (Å²) < 4.78 is 11.3. The zero-order valence-electron chi connectivity index (χ0n) is 24.2. The number of piperidine rings is 1. The number of nitrogens with one attached hydrogen (secondary N) is 3. The van der Waals surface area contributed by atoms with Crippen LogP contribution < -0.4 is 20.3 Å². The minimum atomic E-state index is -0.831. The molecule has 1 aliphatic heterocycles. The number of rotatable bonds is 10. The van der Waals surface area contributed by atoms with E-state index in [1.54, 1.807) is 44.7 Å². The van der Waals surface area contributed by atoms with E-state index < -0.39 is 11.6 Å². The van der Waals surface area contributed by atoms with E-state index in [2.05, 4.69) is 30.5 Å². The van der Waals surface area contributed by atoms with Crippen molar-refractivity contribution in [3.05, 3.63) is 78.2 Å². The van der Waals surface area contributed by atoms with Crippen molar-refractivity contribution in [3.8, 4) is 5.75 Å². The van der Waals surface area contributed by atoms with E-state index in [9.17, 15) is 9.59 Å². The largest absolute Gasteiger partial charge is 0.414 e. The SMILES string of the molecule is Cc1c[nH]c2ncnc(N3CCC(NCCOCc4ccccc4)(C(=O)Nc4cccc(OC(=O)N(C)C)c4)CC3)c12. The van der Waals surface area contributed by atoms with Crippen LogP contribution in [0.3, 0.4) is 0 Å². The molecule has 0 aliphatic carbocycles. The molecule has 42 heavy (non-hydrogen) atoms. The molecule has 1 aliphatic rings. The Morgan fingerprint density at radius 2 is 1.86 bits per heavy atom. The average molecular weight is 572 g/mol. The molecule has 2 amide bonds. The van der Waals surface area contributed by atoms with Crippen LogP contribution in [0.15, 0.2) is 67.1 Å². The zero-order valence-corrected chi connectivity index (χ0v) is 24.2. The number of benzene rings is 2. The lowest BCUT2D eigenvalue weighted by Crippen LogP contribution is -2.61. The number of nitrogens with zero attached hydrogens (tertiary/aromatic N) is 4. The van der Waals surface area contributed by atoms with Crippen molar-refractivity contribution in [3.63, 3.8) is 0 Å². The van der Waals surface area contributed by atoms with Gasteiger partial charge in [-0.2, -0.15) is 0 Å². The predicted octanol–water partition coefficient (Wildman–Crippen LogP) is 4.11. The molecule has 1 saturated heterocycles. The van der Waals surface area contributed by atoms with Gasteiger partial charge in [0.2, 0.25) is 5.91 Å². The zero-order chi connectivity index (χ0) is 29.5. The molecule has 11 nitrogen and oxygen atoms in total. The molecule has 3 heterocycles. The Kier molecular flexibility index (Phi) is 8.99. The van der Waals surface area contributed by atoms with Gasteiger partial charge in [-0.1, -0.05) is 36.4 Å². The Bertz CT molecular complexity index is 1510. The molecule has 2 aromatic heterocycles. The summed E-state index contributed by atoms with van der Waals surface area (Å²) in [5, 5.41) is 7.58. The van der Waals surface area contributed by atoms with Gasteiger partial charge in [0.25, 0.3) is 0 Å². The average Bonchev–Trinajstić information content (AvgIpc) is 3.38. The van der Waals surface area contributed by atoms with Gasteiger partial charge in [0, 0.05) is 51.7 Å². The summed E-state index contributed by atoms with van der Waals surface area (Å²) in [6.45, 7) is 4.77. The lowest BCUT2D eigenvalue weighted by molar-refractivity contribution is -0.123. The molecule has 4 aromatic rings. The lowest BCUT2D eigenvalue weighted by atomic mass is 9.86. The fraction of sp³-hybridized carbons (Fsp3) is 0.355. The smallest absolute Gasteiger partial charge is 0.410 e. The van der Waals surface area contributed by atoms with Crippen LogP contribution in [-0.4, -0.2) is 77.7 Å². The first-order valence-electron chi connectivity index (χ1n) is 14.1. The highest BCUT2D eigenvalue weighted by Gasteiger charge is 2.41. The van der Waals surface area contributed by atoms with Gasteiger partial charge in [-0.15, -0.1) is 0 Å². The number of fused-ring (bicyclic) bond motifs is 1. The van der Waals surface area contributed by atoms with Gasteiger partial charge >= 0.3 is 6.09 Å². The maximum absolute atomic E-state index is 13.9. The summed E-state index contributed by atoms with van der Waals surface area (Å²) in [5.74, 6) is 1.08. The third-order valence-electron chi connectivity index (χ3n) is 7.48. The van der Waals surface area contributed by atoms with Crippen LogP contribution in [-0.2, 0) is 16.1 Å². The first-order chi connectivity index (χ1) is 20.3. The molecule has 0 spiro atoms. The van der Waals surface area contributed by atoms with E-state index in [1.165, 1.54) is 4.90 Å². The fourth-order valence-corrected chi connectivity index (χ4v) is 5.13. The van der Waals surface area contributed by atoms with Crippen molar-refractivity contribution >= 4 is 34.5 Å². The first kappa shape index (κ1) is 29.0. The number of aryl methyl sites for hydroxylation is 1. The van der Waals surface area contributed by atoms with Gasteiger partial charge in [0.15, 0.2) is 0 Å². The first-order valence-corrected chi connectivity index (χ1v) is 14.1. The number of carbonyl (C=O) groups is 2. The molecular weight excluding hydrogens is 534 g/mol.